The first kappa shape index (κ1) is 24.6. The van der Waals surface area contributed by atoms with Gasteiger partial charge in [-0.1, -0.05) is 103 Å². The summed E-state index contributed by atoms with van der Waals surface area (Å²) >= 11 is 0. The molecule has 4 nitrogen and oxygen atoms in total. The zero-order valence-electron chi connectivity index (χ0n) is 23.7. The van der Waals surface area contributed by atoms with E-state index in [1.54, 1.807) is 0 Å². The van der Waals surface area contributed by atoms with E-state index in [0.29, 0.717) is 11.5 Å². The van der Waals surface area contributed by atoms with Crippen LogP contribution in [-0.4, -0.2) is 14.5 Å². The van der Waals surface area contributed by atoms with Gasteiger partial charge < -0.3 is 8.98 Å². The standard InChI is InChI=1S/C40H25N3O/c1-3-12-26(13-4-1)27-14-11-15-28(24-27)38-37-32-19-8-10-21-36(32)44-40(37)42-39(41-38)29-22-23-35-33(25-29)31-18-7-9-20-34(31)43(35)30-16-5-2-6-17-30/h1-25H. The third-order valence-electron chi connectivity index (χ3n) is 8.43. The third kappa shape index (κ3) is 3.85. The van der Waals surface area contributed by atoms with Gasteiger partial charge in [-0.3, -0.25) is 0 Å². The van der Waals surface area contributed by atoms with Crippen molar-refractivity contribution in [2.24, 2.45) is 0 Å². The van der Waals surface area contributed by atoms with E-state index in [9.17, 15) is 0 Å². The highest BCUT2D eigenvalue weighted by Crippen LogP contribution is 2.39. The van der Waals surface area contributed by atoms with E-state index in [-0.39, 0.29) is 0 Å². The number of hydrogen-bond donors (Lipinski definition) is 0. The SMILES string of the molecule is c1ccc(-c2cccc(-c3nc(-c4ccc5c(c4)c4ccccc4n5-c4ccccc4)nc4oc5ccccc5c34)c2)cc1. The molecule has 9 rings (SSSR count). The molecule has 0 aliphatic rings. The molecule has 4 heteroatoms. The molecule has 0 unspecified atom stereocenters. The van der Waals surface area contributed by atoms with E-state index in [1.165, 1.54) is 5.39 Å². The highest BCUT2D eigenvalue weighted by Gasteiger charge is 2.20. The van der Waals surface area contributed by atoms with Crippen molar-refractivity contribution >= 4 is 43.9 Å². The molecule has 3 aromatic heterocycles. The Morgan fingerprint density at radius 3 is 2.00 bits per heavy atom. The summed E-state index contributed by atoms with van der Waals surface area (Å²) in [6.07, 6.45) is 0. The fraction of sp³-hybridized carbons (Fsp3) is 0. The van der Waals surface area contributed by atoms with Crippen LogP contribution >= 0.6 is 0 Å². The van der Waals surface area contributed by atoms with Gasteiger partial charge in [0.25, 0.3) is 0 Å². The number of fused-ring (bicyclic) bond motifs is 6. The number of rotatable bonds is 4. The zero-order chi connectivity index (χ0) is 29.0. The second kappa shape index (κ2) is 9.79. The van der Waals surface area contributed by atoms with Gasteiger partial charge in [0.2, 0.25) is 5.71 Å². The monoisotopic (exact) mass is 563 g/mol. The summed E-state index contributed by atoms with van der Waals surface area (Å²) in [5, 5.41) is 4.28. The summed E-state index contributed by atoms with van der Waals surface area (Å²) in [5.74, 6) is 0.634. The van der Waals surface area contributed by atoms with Crippen LogP contribution in [0.2, 0.25) is 0 Å². The molecule has 0 aliphatic heterocycles. The summed E-state index contributed by atoms with van der Waals surface area (Å²) in [7, 11) is 0. The topological polar surface area (TPSA) is 43.9 Å². The lowest BCUT2D eigenvalue weighted by molar-refractivity contribution is 0.653. The van der Waals surface area contributed by atoms with Gasteiger partial charge in [0.05, 0.1) is 22.1 Å². The van der Waals surface area contributed by atoms with Crippen LogP contribution < -0.4 is 0 Å². The predicted octanol–water partition coefficient (Wildman–Crippen LogP) is 10.5. The maximum atomic E-state index is 6.36. The largest absolute Gasteiger partial charge is 0.438 e. The molecule has 0 radical (unpaired) electrons. The van der Waals surface area contributed by atoms with Gasteiger partial charge in [-0.25, -0.2) is 4.98 Å². The Morgan fingerprint density at radius 2 is 1.14 bits per heavy atom. The first-order valence-corrected chi connectivity index (χ1v) is 14.8. The van der Waals surface area contributed by atoms with Crippen molar-refractivity contribution in [2.75, 3.05) is 0 Å². The van der Waals surface area contributed by atoms with Gasteiger partial charge in [-0.2, -0.15) is 4.98 Å². The predicted molar refractivity (Wildman–Crippen MR) is 180 cm³/mol. The Labute approximate surface area is 253 Å². The third-order valence-corrected chi connectivity index (χ3v) is 8.43. The smallest absolute Gasteiger partial charge is 0.231 e. The summed E-state index contributed by atoms with van der Waals surface area (Å²) < 4.78 is 8.67. The lowest BCUT2D eigenvalue weighted by atomic mass is 9.99. The Balaban J connectivity index is 1.29. The van der Waals surface area contributed by atoms with Crippen molar-refractivity contribution in [2.45, 2.75) is 0 Å². The molecule has 3 heterocycles. The van der Waals surface area contributed by atoms with Crippen LogP contribution in [0.4, 0.5) is 0 Å². The van der Waals surface area contributed by atoms with Crippen LogP contribution in [0.1, 0.15) is 0 Å². The molecule has 0 aliphatic carbocycles. The van der Waals surface area contributed by atoms with Crippen LogP contribution in [0.3, 0.4) is 0 Å². The molecular formula is C40H25N3O. The van der Waals surface area contributed by atoms with Crippen molar-refractivity contribution in [3.8, 4) is 39.5 Å². The first-order chi connectivity index (χ1) is 21.8. The molecule has 0 fully saturated rings. The van der Waals surface area contributed by atoms with Gasteiger partial charge in [0.1, 0.15) is 5.58 Å². The van der Waals surface area contributed by atoms with Crippen LogP contribution in [0.15, 0.2) is 156 Å². The van der Waals surface area contributed by atoms with E-state index in [0.717, 1.165) is 66.4 Å². The summed E-state index contributed by atoms with van der Waals surface area (Å²) in [6, 6.07) is 52.7. The quantitative estimate of drug-likeness (QED) is 0.214. The van der Waals surface area contributed by atoms with Crippen molar-refractivity contribution in [3.05, 3.63) is 152 Å². The van der Waals surface area contributed by atoms with Crippen molar-refractivity contribution in [1.82, 2.24) is 14.5 Å². The lowest BCUT2D eigenvalue weighted by Gasteiger charge is -2.10. The van der Waals surface area contributed by atoms with Crippen LogP contribution in [-0.2, 0) is 0 Å². The number of nitrogens with zero attached hydrogens (tertiary/aromatic N) is 3. The molecule has 0 atom stereocenters. The fourth-order valence-corrected chi connectivity index (χ4v) is 6.41. The molecule has 6 aromatic carbocycles. The molecular weight excluding hydrogens is 538 g/mol. The lowest BCUT2D eigenvalue weighted by Crippen LogP contribution is -1.95. The number of benzene rings is 6. The average molecular weight is 564 g/mol. The Kier molecular flexibility index (Phi) is 5.47. The Morgan fingerprint density at radius 1 is 0.455 bits per heavy atom. The zero-order valence-corrected chi connectivity index (χ0v) is 23.7. The van der Waals surface area contributed by atoms with Gasteiger partial charge in [0, 0.05) is 33.0 Å². The van der Waals surface area contributed by atoms with E-state index in [2.05, 4.69) is 126 Å². The van der Waals surface area contributed by atoms with Crippen LogP contribution in [0.25, 0.3) is 83.3 Å². The second-order valence-corrected chi connectivity index (χ2v) is 11.0. The van der Waals surface area contributed by atoms with E-state index in [4.69, 9.17) is 14.4 Å². The van der Waals surface area contributed by atoms with Crippen LogP contribution in [0, 0.1) is 0 Å². The van der Waals surface area contributed by atoms with E-state index in [1.807, 2.05) is 30.3 Å². The maximum Gasteiger partial charge on any atom is 0.231 e. The molecule has 0 N–H and O–H groups in total. The average Bonchev–Trinajstić information content (AvgIpc) is 3.64. The number of hydrogen-bond acceptors (Lipinski definition) is 3. The molecule has 9 aromatic rings. The molecule has 0 spiro atoms. The minimum Gasteiger partial charge on any atom is -0.438 e. The Bertz CT molecular complexity index is 2490. The highest BCUT2D eigenvalue weighted by molar-refractivity contribution is 6.12. The molecule has 0 saturated heterocycles. The van der Waals surface area contributed by atoms with E-state index >= 15 is 0 Å². The van der Waals surface area contributed by atoms with Crippen molar-refractivity contribution in [3.63, 3.8) is 0 Å². The maximum absolute atomic E-state index is 6.36. The minimum absolute atomic E-state index is 0.586. The number of para-hydroxylation sites is 3. The molecule has 0 bridgehead atoms. The normalized spacial score (nSPS) is 11.6. The molecule has 0 saturated carbocycles. The Hall–Kier alpha value is -6.00. The molecule has 206 valence electrons. The van der Waals surface area contributed by atoms with Crippen molar-refractivity contribution in [1.29, 1.82) is 0 Å². The summed E-state index contributed by atoms with van der Waals surface area (Å²) in [4.78, 5) is 10.3. The number of furan rings is 1. The molecule has 0 amide bonds. The van der Waals surface area contributed by atoms with Gasteiger partial charge >= 0.3 is 0 Å². The summed E-state index contributed by atoms with van der Waals surface area (Å²) in [6.45, 7) is 0. The minimum atomic E-state index is 0.586. The van der Waals surface area contributed by atoms with Gasteiger partial charge in [-0.15, -0.1) is 0 Å². The highest BCUT2D eigenvalue weighted by atomic mass is 16.3. The van der Waals surface area contributed by atoms with Gasteiger partial charge in [-0.05, 0) is 59.7 Å². The summed E-state index contributed by atoms with van der Waals surface area (Å²) in [5.41, 5.74) is 9.95. The number of aromatic nitrogens is 3. The van der Waals surface area contributed by atoms with E-state index < -0.39 is 0 Å². The first-order valence-electron chi connectivity index (χ1n) is 14.8. The van der Waals surface area contributed by atoms with Gasteiger partial charge in [0.15, 0.2) is 5.82 Å². The fourth-order valence-electron chi connectivity index (χ4n) is 6.41. The van der Waals surface area contributed by atoms with Crippen molar-refractivity contribution < 1.29 is 4.42 Å². The van der Waals surface area contributed by atoms with Crippen LogP contribution in [0.5, 0.6) is 0 Å². The second-order valence-electron chi connectivity index (χ2n) is 11.0. The molecule has 44 heavy (non-hydrogen) atoms.